The second kappa shape index (κ2) is 5.77. The molecule has 4 nitrogen and oxygen atoms in total. The third kappa shape index (κ3) is 2.99. The van der Waals surface area contributed by atoms with Crippen LogP contribution in [0.5, 0.6) is 0 Å². The standard InChI is InChI=1S/C15H24N4/c1-18(2)15(12-16)8-6-14(7-9-15)19(3)11-13-5-4-10-17-13/h4-5,10,14,17H,6-9,11H2,1-3H3. The molecule has 0 aliphatic heterocycles. The number of nitriles is 1. The highest BCUT2D eigenvalue weighted by molar-refractivity contribution is 5.10. The second-order valence-electron chi connectivity index (χ2n) is 5.88. The fourth-order valence-corrected chi connectivity index (χ4v) is 3.04. The van der Waals surface area contributed by atoms with Gasteiger partial charge in [0.15, 0.2) is 0 Å². The first-order chi connectivity index (χ1) is 9.07. The van der Waals surface area contributed by atoms with Crippen LogP contribution in [0.4, 0.5) is 0 Å². The van der Waals surface area contributed by atoms with Crippen molar-refractivity contribution in [1.82, 2.24) is 14.8 Å². The van der Waals surface area contributed by atoms with Crippen LogP contribution in [0.2, 0.25) is 0 Å². The zero-order valence-electron chi connectivity index (χ0n) is 12.2. The maximum Gasteiger partial charge on any atom is 0.108 e. The van der Waals surface area contributed by atoms with Gasteiger partial charge in [0.25, 0.3) is 0 Å². The lowest BCUT2D eigenvalue weighted by Crippen LogP contribution is -2.49. The van der Waals surface area contributed by atoms with E-state index in [0.29, 0.717) is 6.04 Å². The molecule has 4 heteroatoms. The molecule has 1 aliphatic carbocycles. The van der Waals surface area contributed by atoms with E-state index in [9.17, 15) is 5.26 Å². The Morgan fingerprint density at radius 3 is 2.53 bits per heavy atom. The molecule has 0 bridgehead atoms. The number of H-pyrrole nitrogens is 1. The second-order valence-corrected chi connectivity index (χ2v) is 5.88. The number of aromatic nitrogens is 1. The summed E-state index contributed by atoms with van der Waals surface area (Å²) in [7, 11) is 6.22. The minimum atomic E-state index is -0.246. The van der Waals surface area contributed by atoms with Crippen molar-refractivity contribution < 1.29 is 0 Å². The van der Waals surface area contributed by atoms with E-state index < -0.39 is 0 Å². The molecule has 0 saturated heterocycles. The summed E-state index contributed by atoms with van der Waals surface area (Å²) in [6.07, 6.45) is 6.11. The van der Waals surface area contributed by atoms with Crippen molar-refractivity contribution in [3.05, 3.63) is 24.0 Å². The van der Waals surface area contributed by atoms with E-state index >= 15 is 0 Å². The molecular weight excluding hydrogens is 236 g/mol. The van der Waals surface area contributed by atoms with Gasteiger partial charge in [0.05, 0.1) is 6.07 Å². The Morgan fingerprint density at radius 1 is 1.37 bits per heavy atom. The molecule has 1 N–H and O–H groups in total. The number of hydrogen-bond donors (Lipinski definition) is 1. The van der Waals surface area contributed by atoms with Crippen LogP contribution < -0.4 is 0 Å². The van der Waals surface area contributed by atoms with Gasteiger partial charge in [0, 0.05) is 24.5 Å². The number of nitrogens with one attached hydrogen (secondary N) is 1. The molecule has 104 valence electrons. The van der Waals surface area contributed by atoms with Crippen molar-refractivity contribution >= 4 is 0 Å². The SMILES string of the molecule is CN(Cc1ccc[nH]1)C1CCC(C#N)(N(C)C)CC1. The van der Waals surface area contributed by atoms with Crippen molar-refractivity contribution in [3.8, 4) is 6.07 Å². The molecule has 1 aromatic rings. The summed E-state index contributed by atoms with van der Waals surface area (Å²) in [6, 6.07) is 7.27. The Bertz CT molecular complexity index is 421. The normalized spacial score (nSPS) is 27.7. The van der Waals surface area contributed by atoms with Crippen molar-refractivity contribution in [3.63, 3.8) is 0 Å². The van der Waals surface area contributed by atoms with Crippen molar-refractivity contribution in [2.75, 3.05) is 21.1 Å². The molecule has 1 fully saturated rings. The molecule has 19 heavy (non-hydrogen) atoms. The van der Waals surface area contributed by atoms with Crippen LogP contribution in [0, 0.1) is 11.3 Å². The monoisotopic (exact) mass is 260 g/mol. The Hall–Kier alpha value is -1.31. The number of rotatable bonds is 4. The van der Waals surface area contributed by atoms with Crippen LogP contribution in [0.15, 0.2) is 18.3 Å². The van der Waals surface area contributed by atoms with E-state index in [1.165, 1.54) is 5.69 Å². The van der Waals surface area contributed by atoms with E-state index in [4.69, 9.17) is 0 Å². The molecule has 0 aromatic carbocycles. The summed E-state index contributed by atoms with van der Waals surface area (Å²) in [5.74, 6) is 0. The van der Waals surface area contributed by atoms with Crippen LogP contribution in [-0.4, -0.2) is 47.5 Å². The van der Waals surface area contributed by atoms with Crippen molar-refractivity contribution in [2.24, 2.45) is 0 Å². The molecule has 0 atom stereocenters. The zero-order chi connectivity index (χ0) is 13.9. The first-order valence-corrected chi connectivity index (χ1v) is 6.98. The summed E-state index contributed by atoms with van der Waals surface area (Å²) >= 11 is 0. The van der Waals surface area contributed by atoms with E-state index in [2.05, 4.69) is 34.0 Å². The summed E-state index contributed by atoms with van der Waals surface area (Å²) in [5, 5.41) is 9.43. The van der Waals surface area contributed by atoms with Crippen LogP contribution in [0.25, 0.3) is 0 Å². The van der Waals surface area contributed by atoms with E-state index in [-0.39, 0.29) is 5.54 Å². The molecule has 1 aromatic heterocycles. The first-order valence-electron chi connectivity index (χ1n) is 6.98. The van der Waals surface area contributed by atoms with Gasteiger partial charge < -0.3 is 4.98 Å². The molecule has 1 heterocycles. The highest BCUT2D eigenvalue weighted by Gasteiger charge is 2.38. The molecule has 2 rings (SSSR count). The maximum absolute atomic E-state index is 9.43. The van der Waals surface area contributed by atoms with Crippen LogP contribution >= 0.6 is 0 Å². The summed E-state index contributed by atoms with van der Waals surface area (Å²) < 4.78 is 0. The molecule has 0 radical (unpaired) electrons. The van der Waals surface area contributed by atoms with E-state index in [0.717, 1.165) is 32.2 Å². The third-order valence-corrected chi connectivity index (χ3v) is 4.55. The lowest BCUT2D eigenvalue weighted by molar-refractivity contribution is 0.0952. The van der Waals surface area contributed by atoms with Crippen LogP contribution in [-0.2, 0) is 6.54 Å². The predicted octanol–water partition coefficient (Wildman–Crippen LogP) is 2.21. The first kappa shape index (κ1) is 14.1. The number of nitrogens with zero attached hydrogens (tertiary/aromatic N) is 3. The summed E-state index contributed by atoms with van der Waals surface area (Å²) in [5.41, 5.74) is 1.01. The van der Waals surface area contributed by atoms with Gasteiger partial charge in [-0.2, -0.15) is 5.26 Å². The highest BCUT2D eigenvalue weighted by Crippen LogP contribution is 2.33. The van der Waals surface area contributed by atoms with Gasteiger partial charge in [-0.25, -0.2) is 0 Å². The van der Waals surface area contributed by atoms with Crippen molar-refractivity contribution in [1.29, 1.82) is 5.26 Å². The fourth-order valence-electron chi connectivity index (χ4n) is 3.04. The minimum absolute atomic E-state index is 0.246. The molecule has 1 aliphatic rings. The topological polar surface area (TPSA) is 46.1 Å². The van der Waals surface area contributed by atoms with Gasteiger partial charge >= 0.3 is 0 Å². The Labute approximate surface area is 116 Å². The summed E-state index contributed by atoms with van der Waals surface area (Å²) in [6.45, 7) is 0.958. The lowest BCUT2D eigenvalue weighted by atomic mass is 9.79. The van der Waals surface area contributed by atoms with Crippen LogP contribution in [0.1, 0.15) is 31.4 Å². The predicted molar refractivity (Wildman–Crippen MR) is 76.5 cm³/mol. The molecule has 0 amide bonds. The quantitative estimate of drug-likeness (QED) is 0.903. The molecule has 1 saturated carbocycles. The number of aromatic amines is 1. The van der Waals surface area contributed by atoms with Crippen LogP contribution in [0.3, 0.4) is 0 Å². The van der Waals surface area contributed by atoms with Gasteiger partial charge in [0.1, 0.15) is 5.54 Å². The fraction of sp³-hybridized carbons (Fsp3) is 0.667. The number of hydrogen-bond acceptors (Lipinski definition) is 3. The van der Waals surface area contributed by atoms with E-state index in [1.807, 2.05) is 26.4 Å². The summed E-state index contributed by atoms with van der Waals surface area (Å²) in [4.78, 5) is 7.75. The Kier molecular flexibility index (Phi) is 4.28. The minimum Gasteiger partial charge on any atom is -0.364 e. The van der Waals surface area contributed by atoms with Gasteiger partial charge in [-0.1, -0.05) is 0 Å². The molecule has 0 spiro atoms. The van der Waals surface area contributed by atoms with E-state index in [1.54, 1.807) is 0 Å². The molecular formula is C15H24N4. The maximum atomic E-state index is 9.43. The Morgan fingerprint density at radius 2 is 2.05 bits per heavy atom. The van der Waals surface area contributed by atoms with Gasteiger partial charge in [-0.05, 0) is 59.0 Å². The average Bonchev–Trinajstić information content (AvgIpc) is 2.91. The molecule has 0 unspecified atom stereocenters. The lowest BCUT2D eigenvalue weighted by Gasteiger charge is -2.42. The zero-order valence-corrected chi connectivity index (χ0v) is 12.2. The van der Waals surface area contributed by atoms with Gasteiger partial charge in [0.2, 0.25) is 0 Å². The van der Waals surface area contributed by atoms with Crippen molar-refractivity contribution in [2.45, 2.75) is 43.8 Å². The average molecular weight is 260 g/mol. The smallest absolute Gasteiger partial charge is 0.108 e. The van der Waals surface area contributed by atoms with Gasteiger partial charge in [-0.15, -0.1) is 0 Å². The highest BCUT2D eigenvalue weighted by atomic mass is 15.2. The third-order valence-electron chi connectivity index (χ3n) is 4.55. The largest absolute Gasteiger partial charge is 0.364 e. The Balaban J connectivity index is 1.91. The van der Waals surface area contributed by atoms with Gasteiger partial charge in [-0.3, -0.25) is 9.80 Å².